The number of rotatable bonds is 15. The normalized spacial score (nSPS) is 11.7. The number of carbonyl (C=O) groups excluding carboxylic acids is 4. The van der Waals surface area contributed by atoms with Crippen molar-refractivity contribution in [2.75, 3.05) is 33.9 Å². The summed E-state index contributed by atoms with van der Waals surface area (Å²) < 4.78 is 9.42. The molecule has 4 amide bonds. The van der Waals surface area contributed by atoms with Gasteiger partial charge in [-0.1, -0.05) is 86.6 Å². The maximum absolute atomic E-state index is 13.9. The van der Waals surface area contributed by atoms with Crippen LogP contribution in [0.3, 0.4) is 0 Å². The third-order valence-electron chi connectivity index (χ3n) is 10.4. The Morgan fingerprint density at radius 3 is 2.05 bits per heavy atom. The number of benzene rings is 5. The zero-order valence-corrected chi connectivity index (χ0v) is 34.1. The van der Waals surface area contributed by atoms with E-state index in [4.69, 9.17) is 9.72 Å². The summed E-state index contributed by atoms with van der Waals surface area (Å²) in [5.41, 5.74) is 6.32. The van der Waals surface area contributed by atoms with Crippen LogP contribution in [0.4, 0.5) is 9.59 Å². The summed E-state index contributed by atoms with van der Waals surface area (Å²) >= 11 is 0. The van der Waals surface area contributed by atoms with Gasteiger partial charge in [0.25, 0.3) is 0 Å². The Morgan fingerprint density at radius 2 is 1.33 bits per heavy atom. The lowest BCUT2D eigenvalue weighted by molar-refractivity contribution is -0.134. The largest absolute Gasteiger partial charge is 0.453 e. The molecule has 0 bridgehead atoms. The van der Waals surface area contributed by atoms with Crippen molar-refractivity contribution in [1.82, 2.24) is 40.4 Å². The van der Waals surface area contributed by atoms with Gasteiger partial charge in [0.2, 0.25) is 11.8 Å². The number of aromatic nitrogens is 4. The van der Waals surface area contributed by atoms with E-state index in [9.17, 15) is 19.2 Å². The van der Waals surface area contributed by atoms with Crippen LogP contribution < -0.4 is 10.6 Å². The molecule has 308 valence electrons. The fourth-order valence-electron chi connectivity index (χ4n) is 7.38. The van der Waals surface area contributed by atoms with Crippen LogP contribution in [0.2, 0.25) is 0 Å². The first-order chi connectivity index (χ1) is 29.2. The average molecular weight is 809 g/mol. The van der Waals surface area contributed by atoms with Crippen LogP contribution in [0, 0.1) is 0 Å². The Labute approximate surface area is 347 Å². The van der Waals surface area contributed by atoms with Gasteiger partial charge in [0.1, 0.15) is 24.2 Å². The lowest BCUT2D eigenvalue weighted by Gasteiger charge is -2.27. The van der Waals surface area contributed by atoms with Gasteiger partial charge in [0.15, 0.2) is 0 Å². The fraction of sp³-hybridized carbons (Fsp3) is 0.261. The summed E-state index contributed by atoms with van der Waals surface area (Å²) in [5.74, 6) is 0.822. The molecule has 14 nitrogen and oxygen atoms in total. The number of amides is 4. The molecule has 0 fully saturated rings. The molecule has 60 heavy (non-hydrogen) atoms. The Morgan fingerprint density at radius 1 is 0.700 bits per heavy atom. The lowest BCUT2D eigenvalue weighted by atomic mass is 9.97. The number of ether oxygens (including phenoxy) is 2. The third kappa shape index (κ3) is 9.23. The Bertz CT molecular complexity index is 2660. The quantitative estimate of drug-likeness (QED) is 0.0810. The SMILES string of the molecule is CCCN(Cc1nc2ccc3cc(-c4ccc5cc(-c6cnc(CN(CCC)C(=O)[C@H](NC(=O)OC)c7ccccc7)[nH]6)ccc5c4)ccc3c2[nH]1)C(=O)CNC(=O)OC. The molecule has 2 heterocycles. The van der Waals surface area contributed by atoms with Gasteiger partial charge in [0.05, 0.1) is 50.2 Å². The van der Waals surface area contributed by atoms with Gasteiger partial charge in [-0.05, 0) is 70.0 Å². The number of nitrogens with one attached hydrogen (secondary N) is 4. The van der Waals surface area contributed by atoms with Gasteiger partial charge in [-0.15, -0.1) is 0 Å². The second-order valence-electron chi connectivity index (χ2n) is 14.5. The number of hydrogen-bond acceptors (Lipinski definition) is 8. The maximum atomic E-state index is 13.9. The van der Waals surface area contributed by atoms with E-state index in [0.29, 0.717) is 30.3 Å². The number of imidazole rings is 2. The summed E-state index contributed by atoms with van der Waals surface area (Å²) in [6.45, 7) is 5.37. The monoisotopic (exact) mass is 808 g/mol. The molecule has 1 atom stereocenters. The Balaban J connectivity index is 1.06. The van der Waals surface area contributed by atoms with Crippen molar-refractivity contribution in [2.24, 2.45) is 0 Å². The van der Waals surface area contributed by atoms with E-state index in [1.54, 1.807) is 28.1 Å². The van der Waals surface area contributed by atoms with Crippen LogP contribution in [0.25, 0.3) is 55.0 Å². The summed E-state index contributed by atoms with van der Waals surface area (Å²) in [5, 5.41) is 9.39. The van der Waals surface area contributed by atoms with Crippen molar-refractivity contribution in [3.05, 3.63) is 120 Å². The van der Waals surface area contributed by atoms with Crippen molar-refractivity contribution < 1.29 is 28.7 Å². The van der Waals surface area contributed by atoms with Crippen LogP contribution in [0.1, 0.15) is 49.9 Å². The van der Waals surface area contributed by atoms with E-state index >= 15 is 0 Å². The van der Waals surface area contributed by atoms with Crippen LogP contribution in [0.5, 0.6) is 0 Å². The Hall–Kier alpha value is -7.22. The first-order valence-electron chi connectivity index (χ1n) is 20.0. The number of methoxy groups -OCH3 is 2. The number of fused-ring (bicyclic) bond motifs is 4. The van der Waals surface area contributed by atoms with Gasteiger partial charge < -0.3 is 39.9 Å². The molecular weight excluding hydrogens is 761 g/mol. The highest BCUT2D eigenvalue weighted by molar-refractivity contribution is 6.05. The minimum atomic E-state index is -0.905. The molecule has 0 radical (unpaired) electrons. The number of aromatic amines is 2. The molecule has 0 aliphatic carbocycles. The van der Waals surface area contributed by atoms with Crippen LogP contribution >= 0.6 is 0 Å². The van der Waals surface area contributed by atoms with Crippen LogP contribution in [-0.4, -0.2) is 87.6 Å². The third-order valence-corrected chi connectivity index (χ3v) is 10.4. The maximum Gasteiger partial charge on any atom is 0.407 e. The van der Waals surface area contributed by atoms with Crippen molar-refractivity contribution >= 4 is 56.6 Å². The zero-order chi connectivity index (χ0) is 42.2. The van der Waals surface area contributed by atoms with Crippen LogP contribution in [0.15, 0.2) is 103 Å². The number of hydrogen-bond donors (Lipinski definition) is 4. The first-order valence-corrected chi connectivity index (χ1v) is 20.0. The molecule has 5 aromatic carbocycles. The first kappa shape index (κ1) is 41.0. The van der Waals surface area contributed by atoms with Gasteiger partial charge in [-0.3, -0.25) is 9.59 Å². The highest BCUT2D eigenvalue weighted by Gasteiger charge is 2.28. The lowest BCUT2D eigenvalue weighted by Crippen LogP contribution is -2.43. The molecule has 2 aromatic heterocycles. The molecule has 7 aromatic rings. The van der Waals surface area contributed by atoms with Crippen molar-refractivity contribution in [3.8, 4) is 22.4 Å². The fourth-order valence-corrected chi connectivity index (χ4v) is 7.38. The molecule has 0 saturated heterocycles. The average Bonchev–Trinajstić information content (AvgIpc) is 3.93. The minimum absolute atomic E-state index is 0.153. The van der Waals surface area contributed by atoms with Gasteiger partial charge in [-0.25, -0.2) is 19.6 Å². The van der Waals surface area contributed by atoms with Crippen molar-refractivity contribution in [3.63, 3.8) is 0 Å². The molecule has 0 unspecified atom stereocenters. The second kappa shape index (κ2) is 18.6. The molecule has 0 spiro atoms. The topological polar surface area (TPSA) is 175 Å². The summed E-state index contributed by atoms with van der Waals surface area (Å²) in [7, 11) is 2.53. The summed E-state index contributed by atoms with van der Waals surface area (Å²) in [4.78, 5) is 70.1. The molecule has 14 heteroatoms. The van der Waals surface area contributed by atoms with E-state index < -0.39 is 18.2 Å². The molecule has 0 aliphatic heterocycles. The highest BCUT2D eigenvalue weighted by atomic mass is 16.5. The summed E-state index contributed by atoms with van der Waals surface area (Å²) in [6.07, 6.45) is 1.93. The minimum Gasteiger partial charge on any atom is -0.453 e. The van der Waals surface area contributed by atoms with Gasteiger partial charge in [0, 0.05) is 24.0 Å². The van der Waals surface area contributed by atoms with Crippen molar-refractivity contribution in [1.29, 1.82) is 0 Å². The smallest absolute Gasteiger partial charge is 0.407 e. The predicted molar refractivity (Wildman–Crippen MR) is 231 cm³/mol. The highest BCUT2D eigenvalue weighted by Crippen LogP contribution is 2.32. The van der Waals surface area contributed by atoms with Gasteiger partial charge in [-0.2, -0.15) is 0 Å². The summed E-state index contributed by atoms with van der Waals surface area (Å²) in [6, 6.07) is 31.3. The molecule has 0 aliphatic rings. The Kier molecular flexibility index (Phi) is 12.7. The molecule has 0 saturated carbocycles. The predicted octanol–water partition coefficient (Wildman–Crippen LogP) is 7.86. The van der Waals surface area contributed by atoms with E-state index in [2.05, 4.69) is 91.0 Å². The van der Waals surface area contributed by atoms with E-state index in [-0.39, 0.29) is 31.4 Å². The second-order valence-corrected chi connectivity index (χ2v) is 14.5. The number of H-pyrrole nitrogens is 2. The zero-order valence-electron chi connectivity index (χ0n) is 34.1. The van der Waals surface area contributed by atoms with Crippen molar-refractivity contribution in [2.45, 2.75) is 45.8 Å². The van der Waals surface area contributed by atoms with E-state index in [1.165, 1.54) is 14.2 Å². The number of carbonyl (C=O) groups is 4. The standard InChI is InChI=1S/C46H48N8O6/c1-5-20-53(41(55)26-48-45(57)59-3)28-40-49-37-19-17-34-23-33(16-18-36(34)43(37)51-40)30-12-13-32-24-35(15-14-31(32)22-30)38-25-47-39(50-38)27-54(21-6-2)44(56)42(52-46(58)60-4)29-10-8-7-9-11-29/h7-19,22-25,42H,5-6,20-21,26-28H2,1-4H3,(H,47,50)(H,48,57)(H,49,51)(H,52,58)/t42-/m1/s1. The van der Waals surface area contributed by atoms with Gasteiger partial charge >= 0.3 is 12.2 Å². The number of alkyl carbamates (subject to hydrolysis) is 2. The molecule has 4 N–H and O–H groups in total. The van der Waals surface area contributed by atoms with E-state index in [1.807, 2.05) is 38.1 Å². The molecule has 7 rings (SSSR count). The number of nitrogens with zero attached hydrogens (tertiary/aromatic N) is 4. The van der Waals surface area contributed by atoms with Crippen LogP contribution in [-0.2, 0) is 32.2 Å². The van der Waals surface area contributed by atoms with E-state index in [0.717, 1.165) is 67.8 Å². The molecular formula is C46H48N8O6.